The Balaban J connectivity index is 2.39. The van der Waals surface area contributed by atoms with Crippen LogP contribution in [0.15, 0.2) is 39.6 Å². The first-order chi connectivity index (χ1) is 10.4. The summed E-state index contributed by atoms with van der Waals surface area (Å²) < 4.78 is 5.93. The molecule has 2 aromatic rings. The quantitative estimate of drug-likeness (QED) is 0.690. The second kappa shape index (κ2) is 6.27. The number of carboxylic acid groups (broad SMARTS) is 2. The first-order valence-electron chi connectivity index (χ1n) is 6.38. The number of aliphatic carboxylic acids is 1. The van der Waals surface area contributed by atoms with Crippen molar-refractivity contribution in [3.8, 4) is 0 Å². The van der Waals surface area contributed by atoms with E-state index in [1.807, 2.05) is 0 Å². The maximum Gasteiger partial charge on any atom is 0.375 e. The zero-order valence-electron chi connectivity index (χ0n) is 11.4. The number of rotatable bonds is 6. The summed E-state index contributed by atoms with van der Waals surface area (Å²) in [6.07, 6.45) is -0.416. The van der Waals surface area contributed by atoms with Crippen molar-refractivity contribution in [2.45, 2.75) is 19.0 Å². The van der Waals surface area contributed by atoms with Crippen molar-refractivity contribution < 1.29 is 24.3 Å². The number of nitrogens with two attached hydrogens (primary N) is 1. The van der Waals surface area contributed by atoms with Crippen molar-refractivity contribution >= 4 is 11.9 Å². The number of carbonyl (C=O) groups is 2. The molecule has 4 N–H and O–H groups in total. The predicted octanol–water partition coefficient (Wildman–Crippen LogP) is 0.142. The standard InChI is InChI=1S/C14H14N2O6/c15-10(13(18)19)6-9-11(14(20)21)22-16(12(9)17)7-8-4-2-1-3-5-8/h1-5,10H,6-7,15H2,(H,18,19)(H,20,21)/t10-/m0/s1. The number of carboxylic acids is 2. The van der Waals surface area contributed by atoms with Gasteiger partial charge in [0, 0.05) is 6.42 Å². The van der Waals surface area contributed by atoms with Crippen LogP contribution in [-0.4, -0.2) is 32.9 Å². The van der Waals surface area contributed by atoms with Gasteiger partial charge in [-0.2, -0.15) is 4.74 Å². The summed E-state index contributed by atoms with van der Waals surface area (Å²) in [5.74, 6) is -3.36. The van der Waals surface area contributed by atoms with Crippen LogP contribution in [0.2, 0.25) is 0 Å². The van der Waals surface area contributed by atoms with E-state index >= 15 is 0 Å². The molecule has 0 bridgehead atoms. The van der Waals surface area contributed by atoms with Crippen LogP contribution >= 0.6 is 0 Å². The predicted molar refractivity (Wildman–Crippen MR) is 74.8 cm³/mol. The van der Waals surface area contributed by atoms with Gasteiger partial charge in [0.25, 0.3) is 5.56 Å². The fourth-order valence-corrected chi connectivity index (χ4v) is 1.96. The summed E-state index contributed by atoms with van der Waals surface area (Å²) in [5.41, 5.74) is 5.16. The summed E-state index contributed by atoms with van der Waals surface area (Å²) in [5, 5.41) is 17.9. The maximum absolute atomic E-state index is 12.2. The lowest BCUT2D eigenvalue weighted by molar-refractivity contribution is -0.138. The zero-order valence-corrected chi connectivity index (χ0v) is 11.4. The maximum atomic E-state index is 12.2. The summed E-state index contributed by atoms with van der Waals surface area (Å²) in [6.45, 7) is 0.0439. The Hall–Kier alpha value is -2.87. The zero-order chi connectivity index (χ0) is 16.3. The highest BCUT2D eigenvalue weighted by molar-refractivity contribution is 5.86. The van der Waals surface area contributed by atoms with Gasteiger partial charge in [-0.1, -0.05) is 30.3 Å². The van der Waals surface area contributed by atoms with E-state index < -0.39 is 35.7 Å². The van der Waals surface area contributed by atoms with Crippen molar-refractivity contribution in [1.82, 2.24) is 4.74 Å². The van der Waals surface area contributed by atoms with Crippen LogP contribution in [0.25, 0.3) is 0 Å². The highest BCUT2D eigenvalue weighted by Gasteiger charge is 2.26. The number of aromatic carboxylic acids is 1. The van der Waals surface area contributed by atoms with Gasteiger partial charge in [-0.25, -0.2) is 4.79 Å². The van der Waals surface area contributed by atoms with Gasteiger partial charge in [-0.3, -0.25) is 9.59 Å². The van der Waals surface area contributed by atoms with Crippen LogP contribution in [0.5, 0.6) is 0 Å². The van der Waals surface area contributed by atoms with Crippen LogP contribution < -0.4 is 11.3 Å². The second-order valence-electron chi connectivity index (χ2n) is 4.68. The number of hydrogen-bond donors (Lipinski definition) is 3. The molecule has 0 unspecified atom stereocenters. The van der Waals surface area contributed by atoms with Crippen molar-refractivity contribution in [2.24, 2.45) is 5.73 Å². The first kappa shape index (κ1) is 15.5. The fraction of sp³-hybridized carbons (Fsp3) is 0.214. The summed E-state index contributed by atoms with van der Waals surface area (Å²) in [4.78, 5) is 34.2. The monoisotopic (exact) mass is 306 g/mol. The molecule has 0 aliphatic carbocycles. The van der Waals surface area contributed by atoms with Crippen LogP contribution in [-0.2, 0) is 17.8 Å². The first-order valence-corrected chi connectivity index (χ1v) is 6.38. The smallest absolute Gasteiger partial charge is 0.375 e. The summed E-state index contributed by atoms with van der Waals surface area (Å²) in [6, 6.07) is 7.45. The largest absolute Gasteiger partial charge is 0.480 e. The van der Waals surface area contributed by atoms with E-state index in [4.69, 9.17) is 20.5 Å². The van der Waals surface area contributed by atoms with Gasteiger partial charge >= 0.3 is 11.9 Å². The molecule has 0 amide bonds. The third-order valence-electron chi connectivity index (χ3n) is 3.06. The lowest BCUT2D eigenvalue weighted by Crippen LogP contribution is -2.34. The van der Waals surface area contributed by atoms with Crippen molar-refractivity contribution in [1.29, 1.82) is 0 Å². The Bertz CT molecular complexity index is 746. The molecule has 0 radical (unpaired) electrons. The lowest BCUT2D eigenvalue weighted by Gasteiger charge is -2.02. The molecule has 1 aromatic heterocycles. The van der Waals surface area contributed by atoms with Gasteiger partial charge < -0.3 is 20.5 Å². The van der Waals surface area contributed by atoms with Crippen molar-refractivity contribution in [2.75, 3.05) is 0 Å². The van der Waals surface area contributed by atoms with E-state index in [0.717, 1.165) is 10.3 Å². The molecule has 1 heterocycles. The summed E-state index contributed by atoms with van der Waals surface area (Å²) in [7, 11) is 0. The van der Waals surface area contributed by atoms with Gasteiger partial charge in [-0.15, -0.1) is 0 Å². The fourth-order valence-electron chi connectivity index (χ4n) is 1.96. The Labute approximate surface area is 124 Å². The molecule has 8 heteroatoms. The number of nitrogens with zero attached hydrogens (tertiary/aromatic N) is 1. The molecule has 0 aliphatic rings. The normalized spacial score (nSPS) is 12.0. The molecule has 0 fully saturated rings. The Morgan fingerprint density at radius 3 is 2.41 bits per heavy atom. The molecular formula is C14H14N2O6. The van der Waals surface area contributed by atoms with Gasteiger partial charge in [0.15, 0.2) is 0 Å². The van der Waals surface area contributed by atoms with Crippen LogP contribution in [0.4, 0.5) is 0 Å². The molecule has 1 atom stereocenters. The summed E-state index contributed by atoms with van der Waals surface area (Å²) >= 11 is 0. The van der Waals surface area contributed by atoms with Crippen molar-refractivity contribution in [3.63, 3.8) is 0 Å². The number of benzene rings is 1. The Morgan fingerprint density at radius 2 is 1.86 bits per heavy atom. The second-order valence-corrected chi connectivity index (χ2v) is 4.68. The molecule has 2 rings (SSSR count). The van der Waals surface area contributed by atoms with Crippen LogP contribution in [0.1, 0.15) is 21.7 Å². The molecule has 0 saturated carbocycles. The van der Waals surface area contributed by atoms with Crippen molar-refractivity contribution in [3.05, 3.63) is 57.6 Å². The molecule has 0 aliphatic heterocycles. The van der Waals surface area contributed by atoms with Crippen LogP contribution in [0.3, 0.4) is 0 Å². The molecular weight excluding hydrogens is 292 g/mol. The minimum Gasteiger partial charge on any atom is -0.480 e. The number of aromatic nitrogens is 1. The third kappa shape index (κ3) is 3.23. The van der Waals surface area contributed by atoms with E-state index in [0.29, 0.717) is 0 Å². The Morgan fingerprint density at radius 1 is 1.23 bits per heavy atom. The van der Waals surface area contributed by atoms with Gasteiger partial charge in [-0.05, 0) is 5.56 Å². The minimum atomic E-state index is -1.45. The third-order valence-corrected chi connectivity index (χ3v) is 3.06. The van der Waals surface area contributed by atoms with Crippen LogP contribution in [0, 0.1) is 0 Å². The SMILES string of the molecule is N[C@@H](Cc1c(C(=O)O)on(Cc2ccccc2)c1=O)C(=O)O. The van der Waals surface area contributed by atoms with Gasteiger partial charge in [0.2, 0.25) is 5.76 Å². The highest BCUT2D eigenvalue weighted by atomic mass is 16.5. The van der Waals surface area contributed by atoms with E-state index in [9.17, 15) is 14.4 Å². The minimum absolute atomic E-state index is 0.0439. The number of hydrogen-bond acceptors (Lipinski definition) is 5. The average molecular weight is 306 g/mol. The average Bonchev–Trinajstić information content (AvgIpc) is 2.77. The molecule has 22 heavy (non-hydrogen) atoms. The lowest BCUT2D eigenvalue weighted by atomic mass is 10.1. The molecule has 1 aromatic carbocycles. The Kier molecular flexibility index (Phi) is 4.42. The van der Waals surface area contributed by atoms with E-state index in [-0.39, 0.29) is 12.1 Å². The van der Waals surface area contributed by atoms with Gasteiger partial charge in [0.1, 0.15) is 6.04 Å². The van der Waals surface area contributed by atoms with E-state index in [1.165, 1.54) is 0 Å². The van der Waals surface area contributed by atoms with Gasteiger partial charge in [0.05, 0.1) is 12.1 Å². The van der Waals surface area contributed by atoms with E-state index in [1.54, 1.807) is 30.3 Å². The molecule has 0 spiro atoms. The molecule has 116 valence electrons. The molecule has 8 nitrogen and oxygen atoms in total. The highest BCUT2D eigenvalue weighted by Crippen LogP contribution is 2.10. The topological polar surface area (TPSA) is 136 Å². The molecule has 0 saturated heterocycles. The van der Waals surface area contributed by atoms with E-state index in [2.05, 4.69) is 0 Å².